The molecule has 2 nitrogen and oxygen atoms in total. The molecule has 0 aromatic rings. The Bertz CT molecular complexity index is 179. The van der Waals surface area contributed by atoms with Gasteiger partial charge < -0.3 is 5.32 Å². The minimum Gasteiger partial charge on any atom is -0.355 e. The van der Waals surface area contributed by atoms with Crippen LogP contribution in [0.3, 0.4) is 0 Å². The highest BCUT2D eigenvalue weighted by Gasteiger charge is 2.25. The molecule has 0 aliphatic carbocycles. The first-order valence-corrected chi connectivity index (χ1v) is 2.96. The van der Waals surface area contributed by atoms with Crippen LogP contribution in [0.4, 0.5) is 8.78 Å². The monoisotopic (exact) mass is 147 g/mol. The minimum absolute atomic E-state index is 0.0618. The number of nitrogens with one attached hydrogen (secondary N) is 1. The molecule has 1 heterocycles. The zero-order valence-electron chi connectivity index (χ0n) is 5.23. The van der Waals surface area contributed by atoms with E-state index in [0.717, 1.165) is 0 Å². The van der Waals surface area contributed by atoms with Crippen molar-refractivity contribution in [1.29, 1.82) is 0 Å². The van der Waals surface area contributed by atoms with Crippen LogP contribution < -0.4 is 5.32 Å². The van der Waals surface area contributed by atoms with Crippen LogP contribution in [-0.2, 0) is 4.79 Å². The first kappa shape index (κ1) is 7.18. The molecule has 1 rings (SSSR count). The lowest BCUT2D eigenvalue weighted by Gasteiger charge is -1.99. The largest absolute Gasteiger partial charge is 0.355 e. The van der Waals surface area contributed by atoms with Gasteiger partial charge in [0.2, 0.25) is 5.91 Å². The smallest absolute Gasteiger partial charge is 0.220 e. The normalized spacial score (nSPS) is 26.8. The van der Waals surface area contributed by atoms with Crippen molar-refractivity contribution in [3.8, 4) is 0 Å². The molecule has 1 aliphatic heterocycles. The Morgan fingerprint density at radius 1 is 1.80 bits per heavy atom. The summed E-state index contributed by atoms with van der Waals surface area (Å²) in [5, 5.41) is 2.40. The molecule has 0 aromatic heterocycles. The Hall–Kier alpha value is -0.930. The first-order valence-electron chi connectivity index (χ1n) is 2.96. The maximum atomic E-state index is 12.3. The topological polar surface area (TPSA) is 29.1 Å². The van der Waals surface area contributed by atoms with Crippen LogP contribution in [0.25, 0.3) is 0 Å². The van der Waals surface area contributed by atoms with E-state index in [1.807, 2.05) is 0 Å². The summed E-state index contributed by atoms with van der Waals surface area (Å²) >= 11 is 0. The van der Waals surface area contributed by atoms with Crippen LogP contribution in [0.2, 0.25) is 0 Å². The molecule has 0 spiro atoms. The minimum atomic E-state index is -0.849. The van der Waals surface area contributed by atoms with Crippen molar-refractivity contribution in [3.63, 3.8) is 0 Å². The zero-order chi connectivity index (χ0) is 7.56. The summed E-state index contributed by atoms with van der Waals surface area (Å²) in [6.07, 6.45) is -0.0306. The molecule has 1 fully saturated rings. The molecule has 0 saturated carbocycles. The van der Waals surface area contributed by atoms with Gasteiger partial charge in [-0.25, -0.2) is 8.78 Å². The molecule has 10 heavy (non-hydrogen) atoms. The van der Waals surface area contributed by atoms with Gasteiger partial charge in [-0.3, -0.25) is 4.79 Å². The molecule has 4 heteroatoms. The summed E-state index contributed by atoms with van der Waals surface area (Å²) in [6.45, 7) is 0.213. The van der Waals surface area contributed by atoms with Crippen molar-refractivity contribution in [1.82, 2.24) is 5.32 Å². The van der Waals surface area contributed by atoms with Gasteiger partial charge in [0.15, 0.2) is 0 Å². The van der Waals surface area contributed by atoms with Crippen LogP contribution in [-0.4, -0.2) is 12.5 Å². The SMILES string of the molecule is O=C1C[C@H](C(F)=CF)CN1. The Morgan fingerprint density at radius 3 is 2.90 bits per heavy atom. The quantitative estimate of drug-likeness (QED) is 0.586. The van der Waals surface area contributed by atoms with Crippen LogP contribution in [0.1, 0.15) is 6.42 Å². The van der Waals surface area contributed by atoms with Gasteiger partial charge in [0.25, 0.3) is 0 Å². The molecular formula is C6H7F2NO. The van der Waals surface area contributed by atoms with E-state index in [2.05, 4.69) is 5.32 Å². The van der Waals surface area contributed by atoms with E-state index in [1.165, 1.54) is 0 Å². The Kier molecular flexibility index (Phi) is 1.99. The van der Waals surface area contributed by atoms with E-state index in [0.29, 0.717) is 0 Å². The highest BCUT2D eigenvalue weighted by Crippen LogP contribution is 2.19. The fraction of sp³-hybridized carbons (Fsp3) is 0.500. The lowest BCUT2D eigenvalue weighted by atomic mass is 10.1. The molecular weight excluding hydrogens is 140 g/mol. The van der Waals surface area contributed by atoms with Crippen molar-refractivity contribution < 1.29 is 13.6 Å². The lowest BCUT2D eigenvalue weighted by Crippen LogP contribution is -2.13. The Labute approximate surface area is 56.9 Å². The Balaban J connectivity index is 2.52. The van der Waals surface area contributed by atoms with E-state index < -0.39 is 11.7 Å². The summed E-state index contributed by atoms with van der Waals surface area (Å²) < 4.78 is 23.8. The molecule has 0 aromatic carbocycles. The second-order valence-corrected chi connectivity index (χ2v) is 2.20. The summed E-state index contributed by atoms with van der Waals surface area (Å²) in [7, 11) is 0. The zero-order valence-corrected chi connectivity index (χ0v) is 5.23. The Morgan fingerprint density at radius 2 is 2.50 bits per heavy atom. The predicted molar refractivity (Wildman–Crippen MR) is 31.4 cm³/mol. The van der Waals surface area contributed by atoms with Crippen molar-refractivity contribution in [2.75, 3.05) is 6.54 Å². The number of hydrogen-bond donors (Lipinski definition) is 1. The van der Waals surface area contributed by atoms with E-state index in [4.69, 9.17) is 0 Å². The van der Waals surface area contributed by atoms with Crippen LogP contribution in [0.5, 0.6) is 0 Å². The van der Waals surface area contributed by atoms with Crippen molar-refractivity contribution in [3.05, 3.63) is 12.2 Å². The predicted octanol–water partition coefficient (Wildman–Crippen LogP) is 0.903. The fourth-order valence-corrected chi connectivity index (χ4v) is 0.889. The highest BCUT2D eigenvalue weighted by atomic mass is 19.2. The highest BCUT2D eigenvalue weighted by molar-refractivity contribution is 5.78. The number of amides is 1. The number of halogens is 2. The molecule has 1 saturated heterocycles. The van der Waals surface area contributed by atoms with Gasteiger partial charge in [-0.15, -0.1) is 0 Å². The van der Waals surface area contributed by atoms with E-state index in [-0.39, 0.29) is 25.2 Å². The van der Waals surface area contributed by atoms with Gasteiger partial charge in [0.1, 0.15) is 12.2 Å². The molecule has 0 unspecified atom stereocenters. The van der Waals surface area contributed by atoms with Crippen LogP contribution in [0.15, 0.2) is 12.2 Å². The van der Waals surface area contributed by atoms with Crippen molar-refractivity contribution in [2.45, 2.75) is 6.42 Å². The van der Waals surface area contributed by atoms with E-state index in [1.54, 1.807) is 0 Å². The lowest BCUT2D eigenvalue weighted by molar-refractivity contribution is -0.119. The van der Waals surface area contributed by atoms with E-state index in [9.17, 15) is 13.6 Å². The van der Waals surface area contributed by atoms with Gasteiger partial charge in [-0.2, -0.15) is 0 Å². The number of hydrogen-bond acceptors (Lipinski definition) is 1. The second-order valence-electron chi connectivity index (χ2n) is 2.20. The van der Waals surface area contributed by atoms with Gasteiger partial charge >= 0.3 is 0 Å². The summed E-state index contributed by atoms with van der Waals surface area (Å²) in [5.74, 6) is -1.65. The maximum Gasteiger partial charge on any atom is 0.220 e. The third-order valence-electron chi connectivity index (χ3n) is 1.47. The molecule has 0 bridgehead atoms. The molecule has 0 radical (unpaired) electrons. The van der Waals surface area contributed by atoms with Gasteiger partial charge in [-0.05, 0) is 0 Å². The average molecular weight is 147 g/mol. The molecule has 1 amide bonds. The van der Waals surface area contributed by atoms with Crippen molar-refractivity contribution >= 4 is 5.91 Å². The molecule has 1 N–H and O–H groups in total. The number of carbonyl (C=O) groups is 1. The van der Waals surface area contributed by atoms with Gasteiger partial charge in [0.05, 0.1) is 0 Å². The van der Waals surface area contributed by atoms with Crippen molar-refractivity contribution in [2.24, 2.45) is 5.92 Å². The van der Waals surface area contributed by atoms with Crippen LogP contribution >= 0.6 is 0 Å². The third kappa shape index (κ3) is 1.32. The average Bonchev–Trinajstić information content (AvgIpc) is 2.34. The number of rotatable bonds is 1. The second kappa shape index (κ2) is 2.77. The molecule has 1 aliphatic rings. The first-order chi connectivity index (χ1) is 4.74. The fourth-order valence-electron chi connectivity index (χ4n) is 0.889. The maximum absolute atomic E-state index is 12.3. The molecule has 1 atom stereocenters. The summed E-state index contributed by atoms with van der Waals surface area (Å²) in [6, 6.07) is 0. The summed E-state index contributed by atoms with van der Waals surface area (Å²) in [5.41, 5.74) is 0. The standard InChI is InChI=1S/C6H7F2NO/c7-2-5(8)4-1-6(10)9-3-4/h2,4H,1,3H2,(H,9,10)/t4-/m0/s1. The van der Waals surface area contributed by atoms with Gasteiger partial charge in [-0.1, -0.05) is 0 Å². The molecule has 56 valence electrons. The summed E-state index contributed by atoms with van der Waals surface area (Å²) in [4.78, 5) is 10.4. The van der Waals surface area contributed by atoms with Crippen LogP contribution in [0, 0.1) is 5.92 Å². The van der Waals surface area contributed by atoms with E-state index >= 15 is 0 Å². The third-order valence-corrected chi connectivity index (χ3v) is 1.47. The number of carbonyl (C=O) groups excluding carboxylic acids is 1. The van der Waals surface area contributed by atoms with Gasteiger partial charge in [0, 0.05) is 18.9 Å².